The van der Waals surface area contributed by atoms with E-state index in [4.69, 9.17) is 5.26 Å². The van der Waals surface area contributed by atoms with Gasteiger partial charge < -0.3 is 0 Å². The second-order valence-corrected chi connectivity index (χ2v) is 4.52. The van der Waals surface area contributed by atoms with Crippen molar-refractivity contribution in [3.05, 3.63) is 22.9 Å². The van der Waals surface area contributed by atoms with E-state index in [1.54, 1.807) is 11.7 Å². The fourth-order valence-electron chi connectivity index (χ4n) is 1.41. The maximum Gasteiger partial charge on any atom is 0.215 e. The molecule has 17 heavy (non-hydrogen) atoms. The first-order valence-electron chi connectivity index (χ1n) is 4.90. The lowest BCUT2D eigenvalue weighted by Gasteiger charge is -2.05. The predicted octanol–water partition coefficient (Wildman–Crippen LogP) is 1.24. The van der Waals surface area contributed by atoms with Crippen molar-refractivity contribution < 1.29 is 0 Å². The molecule has 0 unspecified atom stereocenters. The number of aromatic nitrogens is 5. The molecule has 0 fully saturated rings. The highest BCUT2D eigenvalue weighted by Gasteiger charge is 2.13. The summed E-state index contributed by atoms with van der Waals surface area (Å²) in [6.07, 6.45) is 0. The second-order valence-electron chi connectivity index (χ2n) is 3.56. The molecule has 0 spiro atoms. The number of hydrogen-bond acceptors (Lipinski definition) is 6. The zero-order valence-electron chi connectivity index (χ0n) is 9.67. The molecule has 0 aromatic carbocycles. The summed E-state index contributed by atoms with van der Waals surface area (Å²) in [7, 11) is 1.75. The summed E-state index contributed by atoms with van der Waals surface area (Å²) in [6.45, 7) is 3.79. The van der Waals surface area contributed by atoms with Gasteiger partial charge in [-0.1, -0.05) is 0 Å². The lowest BCUT2D eigenvalue weighted by Crippen LogP contribution is -1.97. The van der Waals surface area contributed by atoms with Gasteiger partial charge in [-0.05, 0) is 47.7 Å². The number of nitrogens with zero attached hydrogens (tertiary/aromatic N) is 6. The van der Waals surface area contributed by atoms with Crippen molar-refractivity contribution in [3.63, 3.8) is 0 Å². The van der Waals surface area contributed by atoms with Crippen molar-refractivity contribution >= 4 is 11.8 Å². The minimum Gasteiger partial charge on any atom is -0.245 e. The van der Waals surface area contributed by atoms with Gasteiger partial charge in [-0.3, -0.25) is 0 Å². The second kappa shape index (κ2) is 4.51. The molecule has 0 aliphatic heterocycles. The van der Waals surface area contributed by atoms with E-state index in [1.165, 1.54) is 11.8 Å². The Kier molecular flexibility index (Phi) is 3.06. The van der Waals surface area contributed by atoms with Gasteiger partial charge in [0.25, 0.3) is 0 Å². The maximum absolute atomic E-state index is 9.13. The smallest absolute Gasteiger partial charge is 0.215 e. The van der Waals surface area contributed by atoms with Crippen LogP contribution in [0.2, 0.25) is 0 Å². The number of nitriles is 1. The van der Waals surface area contributed by atoms with E-state index in [9.17, 15) is 0 Å². The average molecular weight is 246 g/mol. The summed E-state index contributed by atoms with van der Waals surface area (Å²) in [5.41, 5.74) is 2.36. The Balaban J connectivity index is 2.46. The molecule has 0 bridgehead atoms. The fraction of sp³-hybridized carbons (Fsp3) is 0.300. The third kappa shape index (κ3) is 2.26. The maximum atomic E-state index is 9.13. The predicted molar refractivity (Wildman–Crippen MR) is 61.3 cm³/mol. The molecule has 2 heterocycles. The van der Waals surface area contributed by atoms with Crippen LogP contribution in [0.3, 0.4) is 0 Å². The van der Waals surface area contributed by atoms with Crippen LogP contribution < -0.4 is 0 Å². The summed E-state index contributed by atoms with van der Waals surface area (Å²) in [4.78, 5) is 4.35. The largest absolute Gasteiger partial charge is 0.245 e. The molecular weight excluding hydrogens is 236 g/mol. The third-order valence-electron chi connectivity index (χ3n) is 2.19. The van der Waals surface area contributed by atoms with Gasteiger partial charge in [0.2, 0.25) is 5.16 Å². The molecule has 2 aromatic rings. The summed E-state index contributed by atoms with van der Waals surface area (Å²) < 4.78 is 1.55. The minimum atomic E-state index is 0.573. The summed E-state index contributed by atoms with van der Waals surface area (Å²) in [5.74, 6) is 0. The number of aryl methyl sites for hydroxylation is 3. The van der Waals surface area contributed by atoms with Crippen LogP contribution >= 0.6 is 11.8 Å². The Bertz CT molecular complexity index is 597. The van der Waals surface area contributed by atoms with E-state index < -0.39 is 0 Å². The van der Waals surface area contributed by atoms with Gasteiger partial charge in [0.1, 0.15) is 11.1 Å². The van der Waals surface area contributed by atoms with Gasteiger partial charge in [0.15, 0.2) is 0 Å². The van der Waals surface area contributed by atoms with Crippen LogP contribution in [0.15, 0.2) is 16.2 Å². The summed E-state index contributed by atoms with van der Waals surface area (Å²) >= 11 is 1.29. The van der Waals surface area contributed by atoms with E-state index in [-0.39, 0.29) is 0 Å². The van der Waals surface area contributed by atoms with Crippen LogP contribution in [-0.2, 0) is 7.05 Å². The lowest BCUT2D eigenvalue weighted by atomic mass is 10.1. The molecule has 0 atom stereocenters. The van der Waals surface area contributed by atoms with Gasteiger partial charge >= 0.3 is 0 Å². The van der Waals surface area contributed by atoms with E-state index in [0.717, 1.165) is 11.3 Å². The quantitative estimate of drug-likeness (QED) is 0.793. The van der Waals surface area contributed by atoms with Gasteiger partial charge in [0.05, 0.1) is 5.56 Å². The Hall–Kier alpha value is -1.94. The van der Waals surface area contributed by atoms with Crippen molar-refractivity contribution in [2.75, 3.05) is 0 Å². The van der Waals surface area contributed by atoms with E-state index >= 15 is 0 Å². The van der Waals surface area contributed by atoms with Crippen molar-refractivity contribution in [3.8, 4) is 6.07 Å². The number of hydrogen-bond donors (Lipinski definition) is 0. The van der Waals surface area contributed by atoms with Gasteiger partial charge in [-0.25, -0.2) is 9.67 Å². The third-order valence-corrected chi connectivity index (χ3v) is 3.21. The first-order valence-corrected chi connectivity index (χ1v) is 5.72. The molecule has 0 N–H and O–H groups in total. The first kappa shape index (κ1) is 11.5. The molecule has 6 nitrogen and oxygen atoms in total. The monoisotopic (exact) mass is 246 g/mol. The van der Waals surface area contributed by atoms with Crippen molar-refractivity contribution in [2.45, 2.75) is 24.0 Å². The molecule has 0 saturated carbocycles. The van der Waals surface area contributed by atoms with Gasteiger partial charge in [-0.15, -0.1) is 5.10 Å². The van der Waals surface area contributed by atoms with Crippen molar-refractivity contribution in [2.24, 2.45) is 7.05 Å². The van der Waals surface area contributed by atoms with E-state index in [0.29, 0.717) is 15.7 Å². The molecule has 0 aliphatic rings. The normalized spacial score (nSPS) is 10.2. The van der Waals surface area contributed by atoms with E-state index in [2.05, 4.69) is 26.6 Å². The summed E-state index contributed by atoms with van der Waals surface area (Å²) in [5, 5.41) is 21.5. The Morgan fingerprint density at radius 1 is 1.41 bits per heavy atom. The lowest BCUT2D eigenvalue weighted by molar-refractivity contribution is 0.664. The highest BCUT2D eigenvalue weighted by molar-refractivity contribution is 7.99. The van der Waals surface area contributed by atoms with Crippen LogP contribution in [0.5, 0.6) is 0 Å². The van der Waals surface area contributed by atoms with Gasteiger partial charge in [-0.2, -0.15) is 5.26 Å². The van der Waals surface area contributed by atoms with Crippen LogP contribution in [-0.4, -0.2) is 25.2 Å². The van der Waals surface area contributed by atoms with Crippen LogP contribution in [0.4, 0.5) is 0 Å². The zero-order valence-corrected chi connectivity index (χ0v) is 10.5. The standard InChI is InChI=1S/C10H10N6S/c1-6-4-7(2)12-9(8(6)5-11)17-10-13-14-15-16(10)3/h4H,1-3H3. The molecule has 86 valence electrons. The molecule has 7 heteroatoms. The molecular formula is C10H10N6S. The first-order chi connectivity index (χ1) is 8.11. The Morgan fingerprint density at radius 2 is 2.18 bits per heavy atom. The number of pyridine rings is 1. The molecule has 0 saturated heterocycles. The molecule has 0 amide bonds. The molecule has 0 radical (unpaired) electrons. The van der Waals surface area contributed by atoms with E-state index in [1.807, 2.05) is 19.9 Å². The van der Waals surface area contributed by atoms with Crippen LogP contribution in [0.1, 0.15) is 16.8 Å². The minimum absolute atomic E-state index is 0.573. The van der Waals surface area contributed by atoms with Crippen molar-refractivity contribution in [1.29, 1.82) is 5.26 Å². The highest BCUT2D eigenvalue weighted by Crippen LogP contribution is 2.28. The van der Waals surface area contributed by atoms with Crippen LogP contribution in [0, 0.1) is 25.2 Å². The number of tetrazole rings is 1. The molecule has 0 aliphatic carbocycles. The molecule has 2 aromatic heterocycles. The Labute approximate surface area is 103 Å². The average Bonchev–Trinajstić information content (AvgIpc) is 2.64. The Morgan fingerprint density at radius 3 is 2.76 bits per heavy atom. The van der Waals surface area contributed by atoms with Crippen LogP contribution in [0.25, 0.3) is 0 Å². The SMILES string of the molecule is Cc1cc(C)c(C#N)c(Sc2nnnn2C)n1. The number of rotatable bonds is 2. The van der Waals surface area contributed by atoms with Gasteiger partial charge in [0, 0.05) is 12.7 Å². The summed E-state index contributed by atoms with van der Waals surface area (Å²) in [6, 6.07) is 4.05. The zero-order chi connectivity index (χ0) is 12.4. The topological polar surface area (TPSA) is 80.3 Å². The highest BCUT2D eigenvalue weighted by atomic mass is 32.2. The van der Waals surface area contributed by atoms with Crippen molar-refractivity contribution in [1.82, 2.24) is 25.2 Å². The fourth-order valence-corrected chi connectivity index (χ4v) is 2.32. The molecule has 2 rings (SSSR count).